The quantitative estimate of drug-likeness (QED) is 0.615. The molecule has 0 aromatic heterocycles. The van der Waals surface area contributed by atoms with Crippen LogP contribution in [0.15, 0.2) is 30.3 Å². The minimum Gasteiger partial charge on any atom is -0.298 e. The molecule has 0 bridgehead atoms. The van der Waals surface area contributed by atoms with Gasteiger partial charge in [-0.25, -0.2) is 0 Å². The van der Waals surface area contributed by atoms with E-state index in [4.69, 9.17) is 0 Å². The number of benzene rings is 1. The van der Waals surface area contributed by atoms with E-state index < -0.39 is 4.32 Å². The number of carbonyl (C=O) groups is 2. The number of carbonyl (C=O) groups excluding carboxylic acids is 2. The predicted molar refractivity (Wildman–Crippen MR) is 67.8 cm³/mol. The molecule has 0 fully saturated rings. The third kappa shape index (κ3) is 3.01. The summed E-state index contributed by atoms with van der Waals surface area (Å²) in [6, 6.07) is 9.84. The largest absolute Gasteiger partial charge is 0.298 e. The first-order valence-corrected chi connectivity index (χ1v) is 6.01. The van der Waals surface area contributed by atoms with Crippen LogP contribution >= 0.6 is 15.9 Å². The molecule has 0 saturated carbocycles. The average molecular weight is 283 g/mol. The lowest BCUT2D eigenvalue weighted by Crippen LogP contribution is -2.38. The molecule has 0 aliphatic heterocycles. The van der Waals surface area contributed by atoms with Crippen molar-refractivity contribution < 1.29 is 9.59 Å². The molecule has 0 aliphatic carbocycles. The van der Waals surface area contributed by atoms with E-state index in [1.807, 2.05) is 30.3 Å². The summed E-state index contributed by atoms with van der Waals surface area (Å²) in [4.78, 5) is 22.9. The molecule has 3 heteroatoms. The Morgan fingerprint density at radius 3 is 2.06 bits per heavy atom. The lowest BCUT2D eigenvalue weighted by Gasteiger charge is -2.21. The molecule has 0 radical (unpaired) electrons. The fourth-order valence-corrected chi connectivity index (χ4v) is 1.76. The van der Waals surface area contributed by atoms with Crippen LogP contribution in [0.3, 0.4) is 0 Å². The van der Waals surface area contributed by atoms with Crippen molar-refractivity contribution in [1.29, 1.82) is 0 Å². The average Bonchev–Trinajstić information content (AvgIpc) is 2.26. The number of alkyl halides is 1. The third-order valence-corrected chi connectivity index (χ3v) is 4.23. The van der Waals surface area contributed by atoms with E-state index in [1.165, 1.54) is 13.8 Å². The SMILES string of the molecule is CC(=O)C(Br)(CCc1ccccc1)C(C)=O. The molecule has 0 atom stereocenters. The van der Waals surface area contributed by atoms with Crippen LogP contribution in [0.2, 0.25) is 0 Å². The van der Waals surface area contributed by atoms with Crippen LogP contribution in [0.25, 0.3) is 0 Å². The highest BCUT2D eigenvalue weighted by Crippen LogP contribution is 2.27. The highest BCUT2D eigenvalue weighted by Gasteiger charge is 2.36. The first-order valence-electron chi connectivity index (χ1n) is 5.22. The fraction of sp³-hybridized carbons (Fsp3) is 0.385. The monoisotopic (exact) mass is 282 g/mol. The van der Waals surface area contributed by atoms with Crippen LogP contribution in [0.1, 0.15) is 25.8 Å². The van der Waals surface area contributed by atoms with Crippen molar-refractivity contribution >= 4 is 27.5 Å². The van der Waals surface area contributed by atoms with E-state index in [2.05, 4.69) is 15.9 Å². The lowest BCUT2D eigenvalue weighted by molar-refractivity contribution is -0.128. The second-order valence-corrected chi connectivity index (χ2v) is 5.25. The Labute approximate surface area is 104 Å². The van der Waals surface area contributed by atoms with Gasteiger partial charge in [0.2, 0.25) is 0 Å². The molecule has 0 N–H and O–H groups in total. The molecule has 0 spiro atoms. The van der Waals surface area contributed by atoms with Crippen LogP contribution in [0, 0.1) is 0 Å². The van der Waals surface area contributed by atoms with Crippen LogP contribution in [0.4, 0.5) is 0 Å². The molecular weight excluding hydrogens is 268 g/mol. The fourth-order valence-electron chi connectivity index (χ4n) is 1.56. The number of hydrogen-bond acceptors (Lipinski definition) is 2. The standard InChI is InChI=1S/C13H15BrO2/c1-10(15)13(14,11(2)16)9-8-12-6-4-3-5-7-12/h3-7H,8-9H2,1-2H3. The molecule has 0 unspecified atom stereocenters. The molecule has 0 saturated heterocycles. The molecule has 86 valence electrons. The van der Waals surface area contributed by atoms with E-state index in [0.717, 1.165) is 5.56 Å². The number of Topliss-reactive ketones (excluding diaryl/α,β-unsaturated/α-hetero) is 2. The smallest absolute Gasteiger partial charge is 0.153 e. The predicted octanol–water partition coefficient (Wildman–Crippen LogP) is 2.93. The Bertz CT molecular complexity index is 370. The van der Waals surface area contributed by atoms with Crippen LogP contribution < -0.4 is 0 Å². The third-order valence-electron chi connectivity index (χ3n) is 2.72. The maximum absolute atomic E-state index is 11.5. The second kappa shape index (κ2) is 5.39. The number of hydrogen-bond donors (Lipinski definition) is 0. The summed E-state index contributed by atoms with van der Waals surface area (Å²) in [5.74, 6) is -0.258. The molecule has 1 aromatic rings. The Balaban J connectivity index is 2.72. The van der Waals surface area contributed by atoms with Crippen LogP contribution in [-0.4, -0.2) is 15.9 Å². The lowest BCUT2D eigenvalue weighted by atomic mass is 9.93. The van der Waals surface area contributed by atoms with Gasteiger partial charge in [-0.1, -0.05) is 46.3 Å². The normalized spacial score (nSPS) is 11.2. The zero-order valence-corrected chi connectivity index (χ0v) is 11.1. The maximum atomic E-state index is 11.5. The van der Waals surface area contributed by atoms with Crippen molar-refractivity contribution in [2.24, 2.45) is 0 Å². The van der Waals surface area contributed by atoms with Gasteiger partial charge >= 0.3 is 0 Å². The minimum absolute atomic E-state index is 0.129. The minimum atomic E-state index is -1.01. The zero-order valence-electron chi connectivity index (χ0n) is 9.50. The summed E-state index contributed by atoms with van der Waals surface area (Å²) in [7, 11) is 0. The van der Waals surface area contributed by atoms with Gasteiger partial charge in [0.1, 0.15) is 4.32 Å². The van der Waals surface area contributed by atoms with Gasteiger partial charge in [0.15, 0.2) is 11.6 Å². The first-order chi connectivity index (χ1) is 7.47. The second-order valence-electron chi connectivity index (χ2n) is 3.90. The molecule has 1 rings (SSSR count). The van der Waals surface area contributed by atoms with Gasteiger partial charge in [0.25, 0.3) is 0 Å². The summed E-state index contributed by atoms with van der Waals surface area (Å²) in [6.07, 6.45) is 1.22. The molecule has 0 amide bonds. The van der Waals surface area contributed by atoms with E-state index in [9.17, 15) is 9.59 Å². The van der Waals surface area contributed by atoms with E-state index in [-0.39, 0.29) is 11.6 Å². The molecule has 0 aliphatic rings. The number of ketones is 2. The van der Waals surface area contributed by atoms with Crippen molar-refractivity contribution in [2.45, 2.75) is 31.0 Å². The highest BCUT2D eigenvalue weighted by molar-refractivity contribution is 9.10. The van der Waals surface area contributed by atoms with E-state index in [1.54, 1.807) is 0 Å². The van der Waals surface area contributed by atoms with Crippen LogP contribution in [0.5, 0.6) is 0 Å². The topological polar surface area (TPSA) is 34.1 Å². The highest BCUT2D eigenvalue weighted by atomic mass is 79.9. The van der Waals surface area contributed by atoms with Gasteiger partial charge in [-0.2, -0.15) is 0 Å². The van der Waals surface area contributed by atoms with Crippen molar-refractivity contribution in [3.63, 3.8) is 0 Å². The van der Waals surface area contributed by atoms with Crippen molar-refractivity contribution in [3.8, 4) is 0 Å². The van der Waals surface area contributed by atoms with E-state index >= 15 is 0 Å². The number of aryl methyl sites for hydroxylation is 1. The molecule has 1 aromatic carbocycles. The Kier molecular flexibility index (Phi) is 4.42. The van der Waals surface area contributed by atoms with Gasteiger partial charge in [-0.05, 0) is 32.3 Å². The van der Waals surface area contributed by atoms with Gasteiger partial charge in [-0.15, -0.1) is 0 Å². The van der Waals surface area contributed by atoms with Crippen molar-refractivity contribution in [2.75, 3.05) is 0 Å². The molecule has 0 heterocycles. The Morgan fingerprint density at radius 2 is 1.62 bits per heavy atom. The summed E-state index contributed by atoms with van der Waals surface area (Å²) in [6.45, 7) is 2.89. The Morgan fingerprint density at radius 1 is 1.12 bits per heavy atom. The first kappa shape index (κ1) is 13.1. The van der Waals surface area contributed by atoms with Crippen molar-refractivity contribution in [1.82, 2.24) is 0 Å². The van der Waals surface area contributed by atoms with Gasteiger partial charge in [0, 0.05) is 0 Å². The van der Waals surface area contributed by atoms with Crippen LogP contribution in [-0.2, 0) is 16.0 Å². The summed E-state index contributed by atoms with van der Waals surface area (Å²) < 4.78 is -1.01. The molecular formula is C13H15BrO2. The van der Waals surface area contributed by atoms with Gasteiger partial charge in [-0.3, -0.25) is 9.59 Å². The number of halogens is 1. The molecule has 2 nitrogen and oxygen atoms in total. The van der Waals surface area contributed by atoms with Gasteiger partial charge in [0.05, 0.1) is 0 Å². The summed E-state index contributed by atoms with van der Waals surface area (Å²) in [5.41, 5.74) is 1.13. The Hall–Kier alpha value is -0.960. The van der Waals surface area contributed by atoms with Crippen molar-refractivity contribution in [3.05, 3.63) is 35.9 Å². The summed E-state index contributed by atoms with van der Waals surface area (Å²) in [5, 5.41) is 0. The summed E-state index contributed by atoms with van der Waals surface area (Å²) >= 11 is 3.27. The maximum Gasteiger partial charge on any atom is 0.153 e. The van der Waals surface area contributed by atoms with Gasteiger partial charge < -0.3 is 0 Å². The van der Waals surface area contributed by atoms with E-state index in [0.29, 0.717) is 12.8 Å². The molecule has 16 heavy (non-hydrogen) atoms. The zero-order chi connectivity index (χ0) is 12.2. The number of rotatable bonds is 5.